The van der Waals surface area contributed by atoms with Crippen molar-refractivity contribution < 1.29 is 50.3 Å². The topological polar surface area (TPSA) is 133 Å². The van der Waals surface area contributed by atoms with Gasteiger partial charge in [-0.05, 0) is 38.0 Å². The minimum atomic E-state index is -6.01. The Morgan fingerprint density at radius 3 is 2.27 bits per heavy atom. The van der Waals surface area contributed by atoms with Crippen LogP contribution in [-0.2, 0) is 33.9 Å². The summed E-state index contributed by atoms with van der Waals surface area (Å²) in [7, 11) is -6.01. The van der Waals surface area contributed by atoms with Crippen LogP contribution in [0.2, 0.25) is 0 Å². The zero-order valence-corrected chi connectivity index (χ0v) is 14.2. The highest BCUT2D eigenvalue weighted by Gasteiger charge is 2.57. The molecular weight excluding hydrogens is 382 g/mol. The zero-order valence-electron chi connectivity index (χ0n) is 13.4. The van der Waals surface area contributed by atoms with Crippen molar-refractivity contribution in [3.63, 3.8) is 0 Å². The fourth-order valence-corrected chi connectivity index (χ4v) is 4.60. The lowest BCUT2D eigenvalue weighted by atomic mass is 9.53. The summed E-state index contributed by atoms with van der Waals surface area (Å²) in [5.41, 5.74) is -0.857. The minimum absolute atomic E-state index is 0.166. The van der Waals surface area contributed by atoms with Gasteiger partial charge in [0.25, 0.3) is 0 Å². The molecule has 0 aromatic carbocycles. The lowest BCUT2D eigenvalue weighted by Crippen LogP contribution is -2.56. The third-order valence-corrected chi connectivity index (χ3v) is 5.98. The van der Waals surface area contributed by atoms with Crippen molar-refractivity contribution in [1.29, 1.82) is 0 Å². The second-order valence-electron chi connectivity index (χ2n) is 6.97. The second-order valence-corrected chi connectivity index (χ2v) is 8.43. The number of hydrogen-bond acceptors (Lipinski definition) is 8. The molecule has 4 rings (SSSR count). The van der Waals surface area contributed by atoms with E-state index in [2.05, 4.69) is 9.47 Å². The van der Waals surface area contributed by atoms with Crippen molar-refractivity contribution in [3.05, 3.63) is 0 Å². The molecule has 0 radical (unpaired) electrons. The number of Topliss-reactive ketones (excluding diaryl/α,β-unsaturated/α-hetero) is 1. The van der Waals surface area contributed by atoms with Gasteiger partial charge in [-0.2, -0.15) is 17.2 Å². The molecule has 2 unspecified atom stereocenters. The molecule has 4 saturated carbocycles. The number of esters is 1. The maximum absolute atomic E-state index is 13.0. The van der Waals surface area contributed by atoms with Crippen molar-refractivity contribution >= 4 is 28.0 Å². The van der Waals surface area contributed by atoms with Crippen LogP contribution in [0.15, 0.2) is 0 Å². The van der Waals surface area contributed by atoms with Gasteiger partial charge in [-0.1, -0.05) is 0 Å². The van der Waals surface area contributed by atoms with Gasteiger partial charge in [0.15, 0.2) is 0 Å². The molecule has 0 amide bonds. The van der Waals surface area contributed by atoms with Crippen LogP contribution in [0, 0.1) is 17.8 Å². The van der Waals surface area contributed by atoms with Crippen molar-refractivity contribution in [2.75, 3.05) is 6.79 Å². The summed E-state index contributed by atoms with van der Waals surface area (Å²) in [5, 5.41) is -5.18. The molecule has 0 saturated heterocycles. The van der Waals surface area contributed by atoms with Crippen molar-refractivity contribution in [3.8, 4) is 0 Å². The number of carbonyl (C=O) groups is 3. The van der Waals surface area contributed by atoms with Crippen LogP contribution in [-0.4, -0.2) is 48.5 Å². The smallest absolute Gasteiger partial charge is 0.428 e. The molecular formula is C14H16F2O9S. The normalized spacial score (nSPS) is 33.0. The summed E-state index contributed by atoms with van der Waals surface area (Å²) >= 11 is 0. The Balaban J connectivity index is 1.51. The van der Waals surface area contributed by atoms with Gasteiger partial charge in [0.1, 0.15) is 11.4 Å². The fourth-order valence-electron chi connectivity index (χ4n) is 4.33. The Kier molecular flexibility index (Phi) is 4.46. The highest BCUT2D eigenvalue weighted by molar-refractivity contribution is 7.87. The van der Waals surface area contributed by atoms with E-state index in [0.717, 1.165) is 12.8 Å². The van der Waals surface area contributed by atoms with E-state index in [1.54, 1.807) is 0 Å². The Labute approximate surface area is 146 Å². The summed E-state index contributed by atoms with van der Waals surface area (Å²) in [6, 6.07) is 0. The number of carbonyl (C=O) groups excluding carboxylic acids is 3. The standard InChI is InChI=1S/C14H16F2O9S/c15-14(16,26(20,21)22)11(18)23-6-24-12(19)25-13-3-7-1-8(4-13)10(17)9(2-7)5-13/h7-9H,1-6H2,(H,20,21,22). The van der Waals surface area contributed by atoms with E-state index < -0.39 is 39.9 Å². The Hall–Kier alpha value is -1.82. The van der Waals surface area contributed by atoms with Crippen LogP contribution < -0.4 is 0 Å². The maximum Gasteiger partial charge on any atom is 0.511 e. The summed E-state index contributed by atoms with van der Waals surface area (Å²) in [5.74, 6) is -2.48. The highest BCUT2D eigenvalue weighted by Crippen LogP contribution is 2.55. The molecule has 4 aliphatic rings. The first-order valence-corrected chi connectivity index (χ1v) is 9.29. The predicted molar refractivity (Wildman–Crippen MR) is 76.3 cm³/mol. The molecule has 9 nitrogen and oxygen atoms in total. The summed E-state index contributed by atoms with van der Waals surface area (Å²) < 4.78 is 68.4. The molecule has 0 spiro atoms. The quantitative estimate of drug-likeness (QED) is 0.413. The fraction of sp³-hybridized carbons (Fsp3) is 0.786. The SMILES string of the molecule is O=C(OCOC(=O)C(F)(F)S(=O)(=O)O)OC12CC3CC(C1)C(=O)C(C3)C2. The third kappa shape index (κ3) is 3.27. The maximum atomic E-state index is 13.0. The molecule has 146 valence electrons. The largest absolute Gasteiger partial charge is 0.511 e. The summed E-state index contributed by atoms with van der Waals surface area (Å²) in [6.07, 6.45) is 1.56. The summed E-state index contributed by atoms with van der Waals surface area (Å²) in [6.45, 7) is -1.31. The van der Waals surface area contributed by atoms with E-state index in [9.17, 15) is 31.6 Å². The zero-order chi connectivity index (χ0) is 19.3. The number of rotatable bonds is 5. The van der Waals surface area contributed by atoms with E-state index in [1.165, 1.54) is 0 Å². The van der Waals surface area contributed by atoms with Crippen LogP contribution in [0.3, 0.4) is 0 Å². The predicted octanol–water partition coefficient (Wildman–Crippen LogP) is 1.27. The lowest BCUT2D eigenvalue weighted by Gasteiger charge is -2.54. The van der Waals surface area contributed by atoms with Gasteiger partial charge in [0.2, 0.25) is 6.79 Å². The Morgan fingerprint density at radius 1 is 1.15 bits per heavy atom. The molecule has 0 heterocycles. The summed E-state index contributed by atoms with van der Waals surface area (Å²) in [4.78, 5) is 34.8. The molecule has 0 aromatic rings. The van der Waals surface area contributed by atoms with Crippen LogP contribution in [0.1, 0.15) is 32.1 Å². The van der Waals surface area contributed by atoms with E-state index in [1.807, 2.05) is 0 Å². The first-order chi connectivity index (χ1) is 11.9. The van der Waals surface area contributed by atoms with Crippen molar-refractivity contribution in [1.82, 2.24) is 0 Å². The molecule has 26 heavy (non-hydrogen) atoms. The van der Waals surface area contributed by atoms with E-state index in [4.69, 9.17) is 9.29 Å². The van der Waals surface area contributed by atoms with Gasteiger partial charge in [0.05, 0.1) is 0 Å². The monoisotopic (exact) mass is 398 g/mol. The third-order valence-electron chi connectivity index (χ3n) is 5.17. The Bertz CT molecular complexity index is 730. The van der Waals surface area contributed by atoms with E-state index >= 15 is 0 Å². The van der Waals surface area contributed by atoms with Gasteiger partial charge >= 0.3 is 27.5 Å². The van der Waals surface area contributed by atoms with Gasteiger partial charge in [-0.25, -0.2) is 9.59 Å². The van der Waals surface area contributed by atoms with Gasteiger partial charge in [0, 0.05) is 11.8 Å². The number of ketones is 1. The first-order valence-electron chi connectivity index (χ1n) is 7.85. The van der Waals surface area contributed by atoms with Crippen molar-refractivity contribution in [2.24, 2.45) is 17.8 Å². The highest BCUT2D eigenvalue weighted by atomic mass is 32.2. The molecule has 4 aliphatic carbocycles. The molecule has 2 atom stereocenters. The van der Waals surface area contributed by atoms with Gasteiger partial charge in [-0.3, -0.25) is 9.35 Å². The number of ether oxygens (including phenoxy) is 3. The van der Waals surface area contributed by atoms with Crippen molar-refractivity contribution in [2.45, 2.75) is 43.0 Å². The lowest BCUT2D eigenvalue weighted by molar-refractivity contribution is -0.179. The van der Waals surface area contributed by atoms with Crippen LogP contribution in [0.5, 0.6) is 0 Å². The number of hydrogen-bond donors (Lipinski definition) is 1. The van der Waals surface area contributed by atoms with Crippen LogP contribution in [0.25, 0.3) is 0 Å². The minimum Gasteiger partial charge on any atom is -0.428 e. The average molecular weight is 398 g/mol. The number of halogens is 2. The van der Waals surface area contributed by atoms with Gasteiger partial charge in [-0.15, -0.1) is 0 Å². The van der Waals surface area contributed by atoms with Crippen LogP contribution >= 0.6 is 0 Å². The van der Waals surface area contributed by atoms with E-state index in [-0.39, 0.29) is 23.5 Å². The van der Waals surface area contributed by atoms with Crippen LogP contribution in [0.4, 0.5) is 13.6 Å². The van der Waals surface area contributed by atoms with Gasteiger partial charge < -0.3 is 14.2 Å². The second kappa shape index (κ2) is 6.12. The molecule has 12 heteroatoms. The molecule has 4 bridgehead atoms. The molecule has 1 N–H and O–H groups in total. The molecule has 0 aliphatic heterocycles. The molecule has 0 aromatic heterocycles. The Morgan fingerprint density at radius 2 is 1.73 bits per heavy atom. The first kappa shape index (κ1) is 19.0. The average Bonchev–Trinajstić information content (AvgIpc) is 2.49. The number of alkyl halides is 2. The van der Waals surface area contributed by atoms with E-state index in [0.29, 0.717) is 19.3 Å². The molecule has 4 fully saturated rings.